The van der Waals surface area contributed by atoms with Gasteiger partial charge >= 0.3 is 0 Å². The first-order valence-corrected chi connectivity index (χ1v) is 33.0. The maximum atomic E-state index is 5.81. The Hall–Kier alpha value is -7.62. The van der Waals surface area contributed by atoms with Crippen LogP contribution in [0.5, 0.6) is 23.0 Å². The molecule has 1 aromatic heterocycles. The second-order valence-electron chi connectivity index (χ2n) is 27.1. The topological polar surface area (TPSA) is 31.6 Å². The van der Waals surface area contributed by atoms with Crippen molar-refractivity contribution >= 4 is 21.9 Å². The molecule has 3 fully saturated rings. The molecule has 2 heterocycles. The van der Waals surface area contributed by atoms with Gasteiger partial charge in [-0.1, -0.05) is 207 Å². The van der Waals surface area contributed by atoms with Crippen LogP contribution in [0.1, 0.15) is 204 Å². The van der Waals surface area contributed by atoms with Gasteiger partial charge in [0, 0.05) is 10.8 Å². The van der Waals surface area contributed by atoms with E-state index in [4.69, 9.17) is 13.9 Å². The van der Waals surface area contributed by atoms with E-state index in [-0.39, 0.29) is 0 Å². The minimum atomic E-state index is 0.775. The number of hydrogen-bond donors (Lipinski definition) is 0. The van der Waals surface area contributed by atoms with E-state index >= 15 is 0 Å². The van der Waals surface area contributed by atoms with Crippen molar-refractivity contribution in [2.24, 2.45) is 11.8 Å². The Morgan fingerprint density at radius 2 is 0.529 bits per heavy atom. The van der Waals surface area contributed by atoms with E-state index in [1.165, 1.54) is 155 Å². The van der Waals surface area contributed by atoms with Crippen LogP contribution >= 0.6 is 0 Å². The van der Waals surface area contributed by atoms with Crippen molar-refractivity contribution in [3.63, 3.8) is 0 Å². The number of hydrogen-bond acceptors (Lipinski definition) is 3. The van der Waals surface area contributed by atoms with Crippen LogP contribution in [-0.2, 0) is 12.8 Å². The quantitative estimate of drug-likeness (QED) is 0.176. The zero-order chi connectivity index (χ0) is 60.6. The van der Waals surface area contributed by atoms with Gasteiger partial charge in [0.2, 0.25) is 0 Å². The molecule has 0 N–H and O–H groups in total. The van der Waals surface area contributed by atoms with E-state index in [2.05, 4.69) is 201 Å². The maximum absolute atomic E-state index is 5.81. The normalized spacial score (nSPS) is 19.8. The molecule has 0 bridgehead atoms. The van der Waals surface area contributed by atoms with E-state index in [9.17, 15) is 0 Å². The largest absolute Gasteiger partial charge is 0.456 e. The lowest BCUT2D eigenvalue weighted by atomic mass is 9.76. The Kier molecular flexibility index (Phi) is 19.7. The Morgan fingerprint density at radius 1 is 0.253 bits per heavy atom. The summed E-state index contributed by atoms with van der Waals surface area (Å²) >= 11 is 0. The highest BCUT2D eigenvalue weighted by molar-refractivity contribution is 6.05. The van der Waals surface area contributed by atoms with Crippen LogP contribution in [-0.4, -0.2) is 0 Å². The van der Waals surface area contributed by atoms with E-state index in [0.717, 1.165) is 93.6 Å². The molecule has 0 unspecified atom stereocenters. The lowest BCUT2D eigenvalue weighted by Gasteiger charge is -2.29. The lowest BCUT2D eigenvalue weighted by Crippen LogP contribution is -2.12. The molecule has 3 heteroatoms. The van der Waals surface area contributed by atoms with E-state index in [1.54, 1.807) is 11.1 Å². The van der Waals surface area contributed by atoms with Crippen molar-refractivity contribution in [1.29, 1.82) is 0 Å². The molecule has 3 saturated carbocycles. The number of aryl methyl sites for hydroxylation is 8. The first kappa shape index (κ1) is 61.0. The Balaban J connectivity index is 0.000000113. The highest BCUT2D eigenvalue weighted by Gasteiger charge is 2.25. The van der Waals surface area contributed by atoms with Crippen LogP contribution in [0.25, 0.3) is 21.9 Å². The number of fused-ring (bicyclic) bond motifs is 7. The van der Waals surface area contributed by atoms with Gasteiger partial charge < -0.3 is 13.9 Å². The Bertz CT molecular complexity index is 3530. The van der Waals surface area contributed by atoms with Crippen molar-refractivity contribution in [2.75, 3.05) is 0 Å². The van der Waals surface area contributed by atoms with Crippen LogP contribution < -0.4 is 9.47 Å². The van der Waals surface area contributed by atoms with Crippen molar-refractivity contribution in [3.05, 3.63) is 271 Å². The minimum absolute atomic E-state index is 0.775. The second-order valence-corrected chi connectivity index (χ2v) is 27.1. The van der Waals surface area contributed by atoms with Gasteiger partial charge in [0.25, 0.3) is 0 Å². The molecule has 448 valence electrons. The molecular formula is C84H94O3. The molecule has 0 atom stereocenters. The zero-order valence-corrected chi connectivity index (χ0v) is 53.9. The third-order valence-corrected chi connectivity index (χ3v) is 19.6. The molecule has 10 aromatic rings. The summed E-state index contributed by atoms with van der Waals surface area (Å²) in [6.45, 7) is 21.7. The molecule has 15 rings (SSSR count). The number of ether oxygens (including phenoxy) is 2. The molecule has 0 saturated heterocycles. The maximum Gasteiger partial charge on any atom is 0.170 e. The lowest BCUT2D eigenvalue weighted by molar-refractivity contribution is 0.345. The third-order valence-electron chi connectivity index (χ3n) is 19.6. The highest BCUT2D eigenvalue weighted by atomic mass is 16.6. The van der Waals surface area contributed by atoms with Gasteiger partial charge in [-0.15, -0.1) is 0 Å². The summed E-state index contributed by atoms with van der Waals surface area (Å²) in [6, 6.07) is 66.3. The van der Waals surface area contributed by atoms with E-state index in [0.29, 0.717) is 0 Å². The fraction of sp³-hybridized carbons (Fsp3) is 0.357. The van der Waals surface area contributed by atoms with Crippen molar-refractivity contribution in [2.45, 2.75) is 183 Å². The molecule has 1 aliphatic heterocycles. The van der Waals surface area contributed by atoms with Gasteiger partial charge in [0.15, 0.2) is 23.0 Å². The molecule has 5 aliphatic rings. The SMILES string of the molecule is CC1CCC(c2ccc(C3CCC(C)CC3)cc2)CC1.Cc1ccc(C2CCC(c3ccc(C)cc3)CC2)cc1.Cc1ccc2c(c1)Cc1ccc(C)cc1C2.Cc1ccc2c(c1)Oc1ccc(C)cc1O2.Cc1ccc2c(c1)oc1cc(C)ccc12. The molecule has 4 aliphatic carbocycles. The van der Waals surface area contributed by atoms with Crippen molar-refractivity contribution in [3.8, 4) is 23.0 Å². The monoisotopic (exact) mass is 1150 g/mol. The minimum Gasteiger partial charge on any atom is -0.456 e. The zero-order valence-electron chi connectivity index (χ0n) is 53.9. The number of rotatable bonds is 4. The highest BCUT2D eigenvalue weighted by Crippen LogP contribution is 2.46. The van der Waals surface area contributed by atoms with E-state index in [1.807, 2.05) is 50.2 Å². The smallest absolute Gasteiger partial charge is 0.170 e. The summed E-state index contributed by atoms with van der Waals surface area (Å²) in [4.78, 5) is 0. The summed E-state index contributed by atoms with van der Waals surface area (Å²) in [6.07, 6.45) is 18.9. The fourth-order valence-corrected chi connectivity index (χ4v) is 14.0. The van der Waals surface area contributed by atoms with Gasteiger partial charge in [0.1, 0.15) is 11.2 Å². The predicted molar refractivity (Wildman–Crippen MR) is 367 cm³/mol. The predicted octanol–water partition coefficient (Wildman–Crippen LogP) is 24.2. The number of furan rings is 1. The Labute approximate surface area is 521 Å². The molecule has 3 nitrogen and oxygen atoms in total. The summed E-state index contributed by atoms with van der Waals surface area (Å²) in [7, 11) is 0. The fourth-order valence-electron chi connectivity index (χ4n) is 14.0. The summed E-state index contributed by atoms with van der Waals surface area (Å²) in [5.41, 5.74) is 24.5. The summed E-state index contributed by atoms with van der Waals surface area (Å²) < 4.78 is 17.4. The molecule has 0 spiro atoms. The summed E-state index contributed by atoms with van der Waals surface area (Å²) in [5.74, 6) is 8.28. The van der Waals surface area contributed by atoms with Gasteiger partial charge in [-0.2, -0.15) is 0 Å². The first-order valence-electron chi connectivity index (χ1n) is 33.0. The average molecular weight is 1150 g/mol. The standard InChI is InChI=1S/C20H30.C20H24.C16H16.C14H12O2.C14H12O/c2*1-15-3-7-17(8-4-15)19-11-13-20(14-12-19)18-9-5-16(2)6-10-18;1-11-3-5-13-10-16-8-12(2)4-6-14(16)9-15(13)7-11;1-9-3-5-11-13(7-9)15-12-6-4-10(2)8-14(12)16-11;1-9-3-5-11-12-6-4-10(2)8-14(12)15-13(11)7-9/h11-18H,3-10H2,1-2H3;3-10,19-20H,11-14H2,1-2H3;3-8H,9-10H2,1-2H3;3-8H,1-2H3;3-8H,1-2H3. The number of benzene rings is 9. The molecule has 0 amide bonds. The van der Waals surface area contributed by atoms with Gasteiger partial charge in [-0.25, -0.2) is 0 Å². The Morgan fingerprint density at radius 3 is 0.885 bits per heavy atom. The van der Waals surface area contributed by atoms with Crippen LogP contribution in [0.4, 0.5) is 0 Å². The summed E-state index contributed by atoms with van der Waals surface area (Å²) in [5, 5.41) is 2.41. The third kappa shape index (κ3) is 15.8. The van der Waals surface area contributed by atoms with Crippen LogP contribution in [0.2, 0.25) is 0 Å². The van der Waals surface area contributed by atoms with Crippen molar-refractivity contribution in [1.82, 2.24) is 0 Å². The van der Waals surface area contributed by atoms with Crippen LogP contribution in [0, 0.1) is 67.2 Å². The molecule has 9 aromatic carbocycles. The van der Waals surface area contributed by atoms with Crippen LogP contribution in [0.3, 0.4) is 0 Å². The first-order chi connectivity index (χ1) is 42.1. The van der Waals surface area contributed by atoms with Crippen LogP contribution in [0.15, 0.2) is 186 Å². The molecule has 87 heavy (non-hydrogen) atoms. The second kappa shape index (κ2) is 28.0. The van der Waals surface area contributed by atoms with E-state index < -0.39 is 0 Å². The van der Waals surface area contributed by atoms with Gasteiger partial charge in [0.05, 0.1) is 0 Å². The van der Waals surface area contributed by atoms with Gasteiger partial charge in [-0.05, 0) is 258 Å². The van der Waals surface area contributed by atoms with Gasteiger partial charge in [-0.3, -0.25) is 0 Å². The molecule has 0 radical (unpaired) electrons. The average Bonchev–Trinajstić information content (AvgIpc) is 3.50. The van der Waals surface area contributed by atoms with Crippen molar-refractivity contribution < 1.29 is 13.9 Å². The molecular weight excluding hydrogens is 1060 g/mol.